The summed E-state index contributed by atoms with van der Waals surface area (Å²) in [5, 5.41) is 18.3. The van der Waals surface area contributed by atoms with Gasteiger partial charge in [0.1, 0.15) is 6.10 Å². The molecule has 1 rings (SSSR count). The van der Waals surface area contributed by atoms with Crippen LogP contribution in [0.5, 0.6) is 0 Å². The molecule has 4 atom stereocenters. The molecule has 0 aromatic carbocycles. The number of aliphatic hydroxyl groups is 1. The van der Waals surface area contributed by atoms with Gasteiger partial charge in [0, 0.05) is 13.3 Å². The number of aliphatic carboxylic acids is 1. The highest BCUT2D eigenvalue weighted by atomic mass is 16.6. The van der Waals surface area contributed by atoms with Gasteiger partial charge in [-0.1, -0.05) is 6.92 Å². The summed E-state index contributed by atoms with van der Waals surface area (Å²) in [6.07, 6.45) is -1.78. The third kappa shape index (κ3) is 3.98. The Kier molecular flexibility index (Phi) is 4.89. The molecule has 6 heteroatoms. The number of aliphatic hydroxyl groups excluding tert-OH is 1. The Labute approximate surface area is 99.5 Å². The van der Waals surface area contributed by atoms with E-state index in [1.54, 1.807) is 0 Å². The molecule has 0 saturated carbocycles. The topological polar surface area (TPSA) is 93.1 Å². The zero-order chi connectivity index (χ0) is 13.0. The Bertz CT molecular complexity index is 290. The summed E-state index contributed by atoms with van der Waals surface area (Å²) in [5.74, 6) is -1.42. The molecule has 0 amide bonds. The van der Waals surface area contributed by atoms with Gasteiger partial charge in [0.25, 0.3) is 0 Å². The van der Waals surface area contributed by atoms with Crippen LogP contribution in [-0.2, 0) is 19.1 Å². The maximum Gasteiger partial charge on any atom is 0.306 e. The minimum atomic E-state index is -1.02. The van der Waals surface area contributed by atoms with Crippen molar-refractivity contribution in [2.24, 2.45) is 0 Å². The third-order valence-corrected chi connectivity index (χ3v) is 2.76. The number of ether oxygens (including phenoxy) is 2. The molecule has 0 aliphatic carbocycles. The molecule has 0 aromatic rings. The second-order valence-electron chi connectivity index (χ2n) is 4.17. The van der Waals surface area contributed by atoms with Crippen LogP contribution in [0.1, 0.15) is 33.1 Å². The lowest BCUT2D eigenvalue weighted by Gasteiger charge is -2.21. The molecule has 0 radical (unpaired) electrons. The van der Waals surface area contributed by atoms with E-state index in [0.29, 0.717) is 12.8 Å². The van der Waals surface area contributed by atoms with Gasteiger partial charge in [0.05, 0.1) is 24.7 Å². The van der Waals surface area contributed by atoms with Crippen molar-refractivity contribution in [1.82, 2.24) is 0 Å². The van der Waals surface area contributed by atoms with Gasteiger partial charge in [0.2, 0.25) is 0 Å². The Hall–Kier alpha value is -1.14. The normalized spacial score (nSPS) is 29.9. The minimum absolute atomic E-state index is 0.242. The number of carbonyl (C=O) groups is 2. The molecule has 98 valence electrons. The van der Waals surface area contributed by atoms with Crippen LogP contribution in [0, 0.1) is 0 Å². The Morgan fingerprint density at radius 2 is 2.18 bits per heavy atom. The van der Waals surface area contributed by atoms with Crippen LogP contribution in [0.4, 0.5) is 0 Å². The van der Waals surface area contributed by atoms with Crippen molar-refractivity contribution in [2.45, 2.75) is 57.5 Å². The van der Waals surface area contributed by atoms with Crippen molar-refractivity contribution in [3.8, 4) is 0 Å². The summed E-state index contributed by atoms with van der Waals surface area (Å²) in [5.41, 5.74) is 0. The van der Waals surface area contributed by atoms with Crippen molar-refractivity contribution in [3.05, 3.63) is 0 Å². The first kappa shape index (κ1) is 13.9. The van der Waals surface area contributed by atoms with E-state index in [2.05, 4.69) is 0 Å². The van der Waals surface area contributed by atoms with E-state index in [1.807, 2.05) is 6.92 Å². The quantitative estimate of drug-likeness (QED) is 0.679. The van der Waals surface area contributed by atoms with E-state index in [0.717, 1.165) is 0 Å². The summed E-state index contributed by atoms with van der Waals surface area (Å²) < 4.78 is 10.5. The Morgan fingerprint density at radius 1 is 1.53 bits per heavy atom. The van der Waals surface area contributed by atoms with Crippen molar-refractivity contribution in [3.63, 3.8) is 0 Å². The van der Waals surface area contributed by atoms with E-state index < -0.39 is 36.4 Å². The average Bonchev–Trinajstić information content (AvgIpc) is 2.55. The van der Waals surface area contributed by atoms with Gasteiger partial charge in [-0.15, -0.1) is 0 Å². The van der Waals surface area contributed by atoms with E-state index in [-0.39, 0.29) is 6.42 Å². The number of esters is 1. The van der Waals surface area contributed by atoms with Crippen LogP contribution < -0.4 is 0 Å². The Morgan fingerprint density at radius 3 is 2.65 bits per heavy atom. The largest absolute Gasteiger partial charge is 0.481 e. The lowest BCUT2D eigenvalue weighted by Crippen LogP contribution is -2.30. The van der Waals surface area contributed by atoms with Gasteiger partial charge in [-0.3, -0.25) is 9.59 Å². The molecule has 0 bridgehead atoms. The van der Waals surface area contributed by atoms with Gasteiger partial charge in [-0.05, 0) is 6.42 Å². The Balaban J connectivity index is 2.56. The molecule has 1 unspecified atom stereocenters. The van der Waals surface area contributed by atoms with E-state index in [4.69, 9.17) is 14.6 Å². The van der Waals surface area contributed by atoms with Gasteiger partial charge < -0.3 is 19.7 Å². The number of carboxylic acids is 1. The molecular weight excluding hydrogens is 228 g/mol. The van der Waals surface area contributed by atoms with Gasteiger partial charge in [-0.2, -0.15) is 0 Å². The van der Waals surface area contributed by atoms with Crippen LogP contribution in [0.2, 0.25) is 0 Å². The number of rotatable bonds is 5. The van der Waals surface area contributed by atoms with E-state index in [1.165, 1.54) is 6.92 Å². The molecule has 1 aliphatic rings. The molecule has 0 aromatic heterocycles. The monoisotopic (exact) mass is 246 g/mol. The minimum Gasteiger partial charge on any atom is -0.481 e. The molecule has 17 heavy (non-hydrogen) atoms. The predicted octanol–water partition coefficient (Wildman–Crippen LogP) is 0.321. The van der Waals surface area contributed by atoms with Gasteiger partial charge in [-0.25, -0.2) is 0 Å². The molecule has 1 heterocycles. The molecular formula is C11H18O6. The van der Waals surface area contributed by atoms with E-state index >= 15 is 0 Å². The van der Waals surface area contributed by atoms with Crippen molar-refractivity contribution < 1.29 is 29.3 Å². The highest BCUT2D eigenvalue weighted by molar-refractivity contribution is 5.67. The van der Waals surface area contributed by atoms with Crippen molar-refractivity contribution in [2.75, 3.05) is 0 Å². The summed E-state index contributed by atoms with van der Waals surface area (Å²) in [7, 11) is 0. The first-order valence-corrected chi connectivity index (χ1v) is 5.66. The van der Waals surface area contributed by atoms with Crippen molar-refractivity contribution in [1.29, 1.82) is 0 Å². The van der Waals surface area contributed by atoms with Crippen LogP contribution in [-0.4, -0.2) is 46.6 Å². The maximum absolute atomic E-state index is 10.9. The van der Waals surface area contributed by atoms with E-state index in [9.17, 15) is 14.7 Å². The first-order chi connectivity index (χ1) is 7.93. The number of carbonyl (C=O) groups excluding carboxylic acids is 1. The number of hydrogen-bond acceptors (Lipinski definition) is 5. The van der Waals surface area contributed by atoms with Gasteiger partial charge >= 0.3 is 11.9 Å². The molecule has 1 aliphatic heterocycles. The smallest absolute Gasteiger partial charge is 0.306 e. The van der Waals surface area contributed by atoms with Gasteiger partial charge in [0.15, 0.2) is 0 Å². The SMILES string of the molecule is CC[C@H](OC(C)=O)[C@@H]1C[C@@H](O)C(CC(=O)O)O1. The number of carboxylic acid groups (broad SMARTS) is 1. The fourth-order valence-corrected chi connectivity index (χ4v) is 1.99. The molecule has 6 nitrogen and oxygen atoms in total. The molecule has 0 spiro atoms. The average molecular weight is 246 g/mol. The van der Waals surface area contributed by atoms with Crippen LogP contribution in [0.3, 0.4) is 0 Å². The van der Waals surface area contributed by atoms with Crippen LogP contribution in [0.15, 0.2) is 0 Å². The number of hydrogen-bond donors (Lipinski definition) is 2. The summed E-state index contributed by atoms with van der Waals surface area (Å²) >= 11 is 0. The summed E-state index contributed by atoms with van der Waals surface area (Å²) in [6, 6.07) is 0. The highest BCUT2D eigenvalue weighted by Crippen LogP contribution is 2.27. The third-order valence-electron chi connectivity index (χ3n) is 2.76. The lowest BCUT2D eigenvalue weighted by atomic mass is 10.0. The first-order valence-electron chi connectivity index (χ1n) is 5.66. The maximum atomic E-state index is 10.9. The zero-order valence-electron chi connectivity index (χ0n) is 9.96. The van der Waals surface area contributed by atoms with Crippen LogP contribution in [0.25, 0.3) is 0 Å². The summed E-state index contributed by atoms with van der Waals surface area (Å²) in [6.45, 7) is 3.15. The predicted molar refractivity (Wildman–Crippen MR) is 57.4 cm³/mol. The fraction of sp³-hybridized carbons (Fsp3) is 0.818. The molecule has 2 N–H and O–H groups in total. The van der Waals surface area contributed by atoms with Crippen molar-refractivity contribution >= 4 is 11.9 Å². The standard InChI is InChI=1S/C11H18O6/c1-3-8(16-6(2)12)10-4-7(13)9(17-10)5-11(14)15/h7-10,13H,3-5H2,1-2H3,(H,14,15)/t7-,8+,9?,10+/m1/s1. The molecule has 1 fully saturated rings. The fourth-order valence-electron chi connectivity index (χ4n) is 1.99. The second-order valence-corrected chi connectivity index (χ2v) is 4.17. The second kappa shape index (κ2) is 5.97. The van der Waals surface area contributed by atoms with Crippen LogP contribution >= 0.6 is 0 Å². The zero-order valence-corrected chi connectivity index (χ0v) is 9.96. The summed E-state index contributed by atoms with van der Waals surface area (Å²) in [4.78, 5) is 21.4. The highest BCUT2D eigenvalue weighted by Gasteiger charge is 2.39. The molecule has 1 saturated heterocycles. The lowest BCUT2D eigenvalue weighted by molar-refractivity contribution is -0.156.